The molecule has 5 rings (SSSR count). The Morgan fingerprint density at radius 1 is 1.15 bits per heavy atom. The number of nitrogens with zero attached hydrogens (tertiary/aromatic N) is 2. The molecule has 41 heavy (non-hydrogen) atoms. The lowest BCUT2D eigenvalue weighted by Gasteiger charge is -2.33. The summed E-state index contributed by atoms with van der Waals surface area (Å²) in [6, 6.07) is 11.3. The standard InChI is InChI=1S/C30H31F3N4O4/c1-2-14-36-24-18-37(23(16-19-7-4-3-5-8-19)27(38)34-17-22-9-6-15-41-22)28(39)25(24)26(35-29(36)40)20-10-12-21(13-11-20)30(31,32)33/h2-5,7-8,10-13,22-23,26H,1,6,9,14-18H2,(H,34,38)(H,35,40)/t22-,23-,26+/m0/s1. The first-order valence-electron chi connectivity index (χ1n) is 13.5. The van der Waals surface area contributed by atoms with Gasteiger partial charge in [-0.05, 0) is 36.1 Å². The Hall–Kier alpha value is -4.12. The molecule has 2 N–H and O–H groups in total. The highest BCUT2D eigenvalue weighted by atomic mass is 19.4. The van der Waals surface area contributed by atoms with Crippen molar-refractivity contribution < 1.29 is 32.3 Å². The van der Waals surface area contributed by atoms with Crippen molar-refractivity contribution in [2.45, 2.75) is 43.6 Å². The molecule has 0 aliphatic carbocycles. The van der Waals surface area contributed by atoms with E-state index in [0.29, 0.717) is 24.4 Å². The number of urea groups is 1. The molecule has 3 aliphatic heterocycles. The van der Waals surface area contributed by atoms with Gasteiger partial charge < -0.3 is 20.3 Å². The van der Waals surface area contributed by atoms with Gasteiger partial charge in [-0.15, -0.1) is 6.58 Å². The van der Waals surface area contributed by atoms with Gasteiger partial charge in [-0.1, -0.05) is 48.5 Å². The Bertz CT molecular complexity index is 1340. The minimum absolute atomic E-state index is 0.0165. The van der Waals surface area contributed by atoms with Crippen molar-refractivity contribution in [1.82, 2.24) is 20.4 Å². The third-order valence-corrected chi connectivity index (χ3v) is 7.61. The van der Waals surface area contributed by atoms with Crippen LogP contribution in [0.4, 0.5) is 18.0 Å². The fourth-order valence-corrected chi connectivity index (χ4v) is 5.52. The number of ether oxygens (including phenoxy) is 1. The van der Waals surface area contributed by atoms with Gasteiger partial charge in [-0.3, -0.25) is 14.5 Å². The maximum atomic E-state index is 14.1. The van der Waals surface area contributed by atoms with Crippen molar-refractivity contribution in [2.24, 2.45) is 0 Å². The summed E-state index contributed by atoms with van der Waals surface area (Å²) in [5.41, 5.74) is 0.953. The molecule has 3 heterocycles. The van der Waals surface area contributed by atoms with Crippen molar-refractivity contribution in [3.63, 3.8) is 0 Å². The van der Waals surface area contributed by atoms with Crippen LogP contribution < -0.4 is 10.6 Å². The molecule has 0 spiro atoms. The van der Waals surface area contributed by atoms with Crippen LogP contribution in [0.3, 0.4) is 0 Å². The van der Waals surface area contributed by atoms with Crippen molar-refractivity contribution in [3.8, 4) is 0 Å². The van der Waals surface area contributed by atoms with E-state index in [-0.39, 0.29) is 37.1 Å². The molecule has 0 radical (unpaired) electrons. The highest BCUT2D eigenvalue weighted by Gasteiger charge is 2.47. The van der Waals surface area contributed by atoms with E-state index in [4.69, 9.17) is 4.74 Å². The Balaban J connectivity index is 1.47. The monoisotopic (exact) mass is 568 g/mol. The van der Waals surface area contributed by atoms with Crippen LogP contribution in [-0.2, 0) is 26.9 Å². The number of halogens is 3. The molecule has 2 aromatic rings. The summed E-state index contributed by atoms with van der Waals surface area (Å²) in [5, 5.41) is 5.70. The first-order chi connectivity index (χ1) is 19.7. The molecule has 216 valence electrons. The van der Waals surface area contributed by atoms with Gasteiger partial charge in [0.15, 0.2) is 0 Å². The predicted octanol–water partition coefficient (Wildman–Crippen LogP) is 3.96. The topological polar surface area (TPSA) is 91.0 Å². The molecule has 11 heteroatoms. The van der Waals surface area contributed by atoms with E-state index >= 15 is 0 Å². The smallest absolute Gasteiger partial charge is 0.376 e. The van der Waals surface area contributed by atoms with Crippen molar-refractivity contribution in [2.75, 3.05) is 26.2 Å². The Kier molecular flexibility index (Phi) is 8.16. The Morgan fingerprint density at radius 2 is 1.88 bits per heavy atom. The number of benzene rings is 2. The van der Waals surface area contributed by atoms with Gasteiger partial charge in [0.25, 0.3) is 5.91 Å². The molecule has 3 aliphatic rings. The summed E-state index contributed by atoms with van der Waals surface area (Å²) in [6.07, 6.45) is -1.11. The van der Waals surface area contributed by atoms with Crippen LogP contribution in [0.2, 0.25) is 0 Å². The number of alkyl halides is 3. The zero-order valence-electron chi connectivity index (χ0n) is 22.3. The molecule has 0 unspecified atom stereocenters. The summed E-state index contributed by atoms with van der Waals surface area (Å²) in [5.74, 6) is -0.814. The molecule has 2 aromatic carbocycles. The number of rotatable bonds is 9. The van der Waals surface area contributed by atoms with Crippen LogP contribution in [0, 0.1) is 0 Å². The minimum Gasteiger partial charge on any atom is -0.376 e. The second-order valence-electron chi connectivity index (χ2n) is 10.3. The SMILES string of the molecule is C=CCN1C(=O)N[C@H](c2ccc(C(F)(F)F)cc2)C2=C1CN([C@@H](Cc1ccccc1)C(=O)NC[C@@H]1CCCO1)C2=O. The maximum absolute atomic E-state index is 14.1. The average Bonchev–Trinajstić information content (AvgIpc) is 3.60. The zero-order chi connectivity index (χ0) is 29.1. The van der Waals surface area contributed by atoms with Crippen molar-refractivity contribution in [1.29, 1.82) is 0 Å². The highest BCUT2D eigenvalue weighted by Crippen LogP contribution is 2.38. The first kappa shape index (κ1) is 28.4. The van der Waals surface area contributed by atoms with Gasteiger partial charge in [0.05, 0.1) is 35.5 Å². The molecule has 0 aromatic heterocycles. The second-order valence-corrected chi connectivity index (χ2v) is 10.3. The molecule has 1 fully saturated rings. The van der Waals surface area contributed by atoms with E-state index in [0.717, 1.165) is 30.5 Å². The molecule has 0 saturated carbocycles. The number of hydrogen-bond acceptors (Lipinski definition) is 4. The number of carbonyl (C=O) groups excluding carboxylic acids is 3. The van der Waals surface area contributed by atoms with E-state index in [1.807, 2.05) is 30.3 Å². The zero-order valence-corrected chi connectivity index (χ0v) is 22.3. The van der Waals surface area contributed by atoms with Gasteiger partial charge in [0.2, 0.25) is 5.91 Å². The maximum Gasteiger partial charge on any atom is 0.416 e. The van der Waals surface area contributed by atoms with E-state index in [9.17, 15) is 27.6 Å². The molecule has 3 atom stereocenters. The molecular weight excluding hydrogens is 537 g/mol. The lowest BCUT2D eigenvalue weighted by molar-refractivity contribution is -0.137. The Morgan fingerprint density at radius 3 is 2.51 bits per heavy atom. The summed E-state index contributed by atoms with van der Waals surface area (Å²) in [4.78, 5) is 43.6. The highest BCUT2D eigenvalue weighted by molar-refractivity contribution is 6.03. The van der Waals surface area contributed by atoms with Crippen molar-refractivity contribution in [3.05, 3.63) is 95.2 Å². The van der Waals surface area contributed by atoms with Gasteiger partial charge >= 0.3 is 12.2 Å². The van der Waals surface area contributed by atoms with Gasteiger partial charge in [0, 0.05) is 26.1 Å². The lowest BCUT2D eigenvalue weighted by atomic mass is 9.94. The quantitative estimate of drug-likeness (QED) is 0.448. The van der Waals surface area contributed by atoms with Crippen LogP contribution in [0.15, 0.2) is 78.5 Å². The number of nitrogens with one attached hydrogen (secondary N) is 2. The summed E-state index contributed by atoms with van der Waals surface area (Å²) in [6.45, 7) is 4.76. The lowest BCUT2D eigenvalue weighted by Crippen LogP contribution is -2.51. The van der Waals surface area contributed by atoms with Gasteiger partial charge in [-0.25, -0.2) is 4.79 Å². The number of carbonyl (C=O) groups is 3. The molecule has 1 saturated heterocycles. The molecular formula is C30H31F3N4O4. The van der Waals surface area contributed by atoms with Gasteiger partial charge in [-0.2, -0.15) is 13.2 Å². The van der Waals surface area contributed by atoms with E-state index < -0.39 is 35.8 Å². The second kappa shape index (κ2) is 11.8. The van der Waals surface area contributed by atoms with Crippen molar-refractivity contribution >= 4 is 17.8 Å². The summed E-state index contributed by atoms with van der Waals surface area (Å²) >= 11 is 0. The average molecular weight is 569 g/mol. The number of hydrogen-bond donors (Lipinski definition) is 2. The third-order valence-electron chi connectivity index (χ3n) is 7.61. The summed E-state index contributed by atoms with van der Waals surface area (Å²) in [7, 11) is 0. The number of amides is 4. The largest absolute Gasteiger partial charge is 0.416 e. The van der Waals surface area contributed by atoms with Gasteiger partial charge in [0.1, 0.15) is 6.04 Å². The van der Waals surface area contributed by atoms with E-state index in [1.54, 1.807) is 0 Å². The van der Waals surface area contributed by atoms with Crippen LogP contribution in [0.1, 0.15) is 35.6 Å². The normalized spacial score (nSPS) is 21.5. The van der Waals surface area contributed by atoms with E-state index in [1.165, 1.54) is 28.0 Å². The first-order valence-corrected chi connectivity index (χ1v) is 13.5. The molecule has 0 bridgehead atoms. The fraction of sp³-hybridized carbons (Fsp3) is 0.367. The predicted molar refractivity (Wildman–Crippen MR) is 144 cm³/mol. The van der Waals surface area contributed by atoms with Crippen LogP contribution in [-0.4, -0.2) is 66.0 Å². The molecule has 4 amide bonds. The minimum atomic E-state index is -4.53. The third kappa shape index (κ3) is 6.00. The molecule has 8 nitrogen and oxygen atoms in total. The van der Waals surface area contributed by atoms with Crippen LogP contribution in [0.25, 0.3) is 0 Å². The summed E-state index contributed by atoms with van der Waals surface area (Å²) < 4.78 is 45.2. The van der Waals surface area contributed by atoms with Crippen LogP contribution in [0.5, 0.6) is 0 Å². The Labute approximate surface area is 235 Å². The fourth-order valence-electron chi connectivity index (χ4n) is 5.52. The van der Waals surface area contributed by atoms with E-state index in [2.05, 4.69) is 17.2 Å². The van der Waals surface area contributed by atoms with Crippen LogP contribution >= 0.6 is 0 Å².